The summed E-state index contributed by atoms with van der Waals surface area (Å²) in [5, 5.41) is 2.89. The van der Waals surface area contributed by atoms with Crippen molar-refractivity contribution in [2.45, 2.75) is 71.2 Å². The van der Waals surface area contributed by atoms with E-state index in [4.69, 9.17) is 29.7 Å². The van der Waals surface area contributed by atoms with Crippen LogP contribution in [0.15, 0.2) is 12.2 Å². The van der Waals surface area contributed by atoms with Gasteiger partial charge in [-0.2, -0.15) is 0 Å². The Hall–Kier alpha value is -1.29. The molecular formula is C16H33N2O8P. The van der Waals surface area contributed by atoms with Gasteiger partial charge >= 0.3 is 7.82 Å². The number of carbonyl (C=O) groups excluding carboxylic acids is 2. The first-order chi connectivity index (χ1) is 12.5. The smallest absolute Gasteiger partial charge is 0.466 e. The van der Waals surface area contributed by atoms with Gasteiger partial charge in [0.1, 0.15) is 0 Å². The van der Waals surface area contributed by atoms with Gasteiger partial charge in [-0.1, -0.05) is 26.0 Å². The molecule has 10 nitrogen and oxygen atoms in total. The largest absolute Gasteiger partial charge is 0.468 e. The van der Waals surface area contributed by atoms with Crippen LogP contribution in [0.1, 0.15) is 47.0 Å². The maximum Gasteiger partial charge on any atom is 0.466 e. The van der Waals surface area contributed by atoms with E-state index in [0.717, 1.165) is 19.3 Å². The quantitative estimate of drug-likeness (QED) is 0.228. The molecule has 0 saturated carbocycles. The Labute approximate surface area is 160 Å². The minimum Gasteiger partial charge on any atom is -0.468 e. The molecule has 0 unspecified atom stereocenters. The molecule has 11 heteroatoms. The fraction of sp³-hybridized carbons (Fsp3) is 0.750. The van der Waals surface area contributed by atoms with Crippen LogP contribution in [0.25, 0.3) is 0 Å². The van der Waals surface area contributed by atoms with Crippen LogP contribution in [0.4, 0.5) is 0 Å². The van der Waals surface area contributed by atoms with E-state index in [0.29, 0.717) is 13.1 Å². The molecule has 0 heterocycles. The Balaban J connectivity index is 0. The van der Waals surface area contributed by atoms with E-state index in [2.05, 4.69) is 23.9 Å². The van der Waals surface area contributed by atoms with E-state index in [1.807, 2.05) is 12.2 Å². The van der Waals surface area contributed by atoms with Gasteiger partial charge in [-0.3, -0.25) is 9.59 Å². The Morgan fingerprint density at radius 1 is 1.33 bits per heavy atom. The number of hydrogen-bond acceptors (Lipinski definition) is 6. The highest BCUT2D eigenvalue weighted by Crippen LogP contribution is 2.25. The van der Waals surface area contributed by atoms with Crippen molar-refractivity contribution in [1.29, 1.82) is 0 Å². The van der Waals surface area contributed by atoms with E-state index in [1.54, 1.807) is 6.92 Å². The van der Waals surface area contributed by atoms with Gasteiger partial charge in [0.05, 0.1) is 24.9 Å². The molecule has 3 atom stereocenters. The average Bonchev–Trinajstić information content (AvgIpc) is 2.55. The topological polar surface area (TPSA) is 168 Å². The molecule has 1 aliphatic rings. The summed E-state index contributed by atoms with van der Waals surface area (Å²) in [6.45, 7) is 8.39. The lowest BCUT2D eigenvalue weighted by Crippen LogP contribution is -2.55. The number of amides is 1. The first-order valence-corrected chi connectivity index (χ1v) is 10.2. The molecule has 0 aliphatic heterocycles. The summed E-state index contributed by atoms with van der Waals surface area (Å²) in [5.41, 5.74) is 6.03. The predicted octanol–water partition coefficient (Wildman–Crippen LogP) is 0.603. The van der Waals surface area contributed by atoms with Crippen molar-refractivity contribution in [3.05, 3.63) is 12.2 Å². The highest BCUT2D eigenvalue weighted by molar-refractivity contribution is 7.45. The van der Waals surface area contributed by atoms with Crippen LogP contribution in [0.3, 0.4) is 0 Å². The molecule has 1 amide bonds. The number of ether oxygens (including phenoxy) is 2. The van der Waals surface area contributed by atoms with Gasteiger partial charge in [0, 0.05) is 13.0 Å². The molecule has 27 heavy (non-hydrogen) atoms. The van der Waals surface area contributed by atoms with Crippen LogP contribution >= 0.6 is 7.82 Å². The second-order valence-corrected chi connectivity index (χ2v) is 6.68. The Morgan fingerprint density at radius 2 is 1.85 bits per heavy atom. The molecule has 0 aromatic heterocycles. The lowest BCUT2D eigenvalue weighted by atomic mass is 9.93. The molecule has 6 N–H and O–H groups in total. The molecule has 0 saturated heterocycles. The maximum atomic E-state index is 11.2. The molecule has 0 aromatic carbocycles. The van der Waals surface area contributed by atoms with Crippen molar-refractivity contribution in [3.63, 3.8) is 0 Å². The highest BCUT2D eigenvalue weighted by Gasteiger charge is 2.30. The first kappa shape index (κ1) is 27.9. The Kier molecular flexibility index (Phi) is 16.3. The van der Waals surface area contributed by atoms with Crippen molar-refractivity contribution < 1.29 is 38.3 Å². The van der Waals surface area contributed by atoms with Crippen LogP contribution in [-0.2, 0) is 23.6 Å². The van der Waals surface area contributed by atoms with Crippen molar-refractivity contribution in [3.8, 4) is 0 Å². The molecular weight excluding hydrogens is 379 g/mol. The minimum absolute atomic E-state index is 0.0566. The zero-order valence-corrected chi connectivity index (χ0v) is 17.2. The number of nitrogens with one attached hydrogen (secondary N) is 1. The Morgan fingerprint density at radius 3 is 2.19 bits per heavy atom. The van der Waals surface area contributed by atoms with Gasteiger partial charge in [-0.15, -0.1) is 0 Å². The summed E-state index contributed by atoms with van der Waals surface area (Å²) in [5.74, 6) is -0.0566. The van der Waals surface area contributed by atoms with Crippen LogP contribution in [0.2, 0.25) is 0 Å². The summed E-state index contributed by atoms with van der Waals surface area (Å²) in [6.07, 6.45) is 6.91. The number of nitrogens with two attached hydrogens (primary N) is 1. The van der Waals surface area contributed by atoms with Crippen molar-refractivity contribution in [2.75, 3.05) is 6.61 Å². The first-order valence-electron chi connectivity index (χ1n) is 8.68. The third-order valence-electron chi connectivity index (χ3n) is 3.41. The second-order valence-electron chi connectivity index (χ2n) is 5.66. The third-order valence-corrected chi connectivity index (χ3v) is 3.41. The van der Waals surface area contributed by atoms with Crippen molar-refractivity contribution >= 4 is 20.2 Å². The molecule has 0 fully saturated rings. The average molecular weight is 412 g/mol. The van der Waals surface area contributed by atoms with Gasteiger partial charge in [-0.05, 0) is 26.2 Å². The SMILES string of the molecule is CCC(CC)O[C@@H]1C=CC[C@H](N)[C@H]1NC(C)=O.CCOC=O.O=P(O)(O)O. The maximum absolute atomic E-state index is 11.2. The molecule has 1 aliphatic carbocycles. The summed E-state index contributed by atoms with van der Waals surface area (Å²) < 4.78 is 19.0. The van der Waals surface area contributed by atoms with Gasteiger partial charge < -0.3 is 35.2 Å². The monoisotopic (exact) mass is 412 g/mol. The van der Waals surface area contributed by atoms with Crippen LogP contribution in [0.5, 0.6) is 0 Å². The fourth-order valence-corrected chi connectivity index (χ4v) is 2.21. The van der Waals surface area contributed by atoms with Gasteiger partial charge in [0.15, 0.2) is 0 Å². The summed E-state index contributed by atoms with van der Waals surface area (Å²) in [6, 6.07) is -0.179. The summed E-state index contributed by atoms with van der Waals surface area (Å²) in [7, 11) is -4.64. The van der Waals surface area contributed by atoms with Crippen LogP contribution < -0.4 is 11.1 Å². The molecule has 0 spiro atoms. The van der Waals surface area contributed by atoms with E-state index in [9.17, 15) is 9.59 Å². The van der Waals surface area contributed by atoms with Crippen LogP contribution in [-0.4, -0.2) is 58.0 Å². The van der Waals surface area contributed by atoms with Crippen molar-refractivity contribution in [1.82, 2.24) is 5.32 Å². The normalized spacial score (nSPS) is 21.3. The predicted molar refractivity (Wildman–Crippen MR) is 101 cm³/mol. The number of carbonyl (C=O) groups is 2. The lowest BCUT2D eigenvalue weighted by molar-refractivity contribution is -0.128. The number of hydrogen-bond donors (Lipinski definition) is 5. The number of rotatable bonds is 7. The summed E-state index contributed by atoms with van der Waals surface area (Å²) >= 11 is 0. The lowest BCUT2D eigenvalue weighted by Gasteiger charge is -2.35. The zero-order chi connectivity index (χ0) is 21.5. The molecule has 0 radical (unpaired) electrons. The number of phosphoric acid groups is 1. The standard InChI is InChI=1S/C13H24N2O2.C3H6O2.H3O4P/c1-4-10(5-2)17-12-8-6-7-11(14)13(12)15-9(3)16;1-2-5-3-4;1-5(2,3)4/h6,8,10-13H,4-5,7,14H2,1-3H3,(H,15,16);3H,2H2,1H3;(H3,1,2,3,4)/t11-,12+,13+;;/m0../s1. The Bertz CT molecular complexity index is 471. The van der Waals surface area contributed by atoms with Gasteiger partial charge in [0.25, 0.3) is 6.47 Å². The minimum atomic E-state index is -4.64. The van der Waals surface area contributed by atoms with E-state index < -0.39 is 7.82 Å². The third kappa shape index (κ3) is 17.9. The van der Waals surface area contributed by atoms with Gasteiger partial charge in [-0.25, -0.2) is 4.57 Å². The molecule has 1 rings (SSSR count). The van der Waals surface area contributed by atoms with E-state index in [-0.39, 0.29) is 30.2 Å². The highest BCUT2D eigenvalue weighted by atomic mass is 31.2. The van der Waals surface area contributed by atoms with E-state index in [1.165, 1.54) is 6.92 Å². The molecule has 0 aromatic rings. The molecule has 160 valence electrons. The van der Waals surface area contributed by atoms with Crippen LogP contribution in [0, 0.1) is 0 Å². The zero-order valence-electron chi connectivity index (χ0n) is 16.3. The van der Waals surface area contributed by atoms with E-state index >= 15 is 0 Å². The molecule has 0 bridgehead atoms. The summed E-state index contributed by atoms with van der Waals surface area (Å²) in [4.78, 5) is 41.9. The van der Waals surface area contributed by atoms with Crippen molar-refractivity contribution in [2.24, 2.45) is 5.73 Å². The van der Waals surface area contributed by atoms with Gasteiger partial charge in [0.2, 0.25) is 5.91 Å². The fourth-order valence-electron chi connectivity index (χ4n) is 2.21. The second kappa shape index (κ2) is 15.7.